The van der Waals surface area contributed by atoms with Gasteiger partial charge in [-0.2, -0.15) is 11.8 Å². The molecule has 0 saturated carbocycles. The van der Waals surface area contributed by atoms with Crippen LogP contribution in [0.5, 0.6) is 0 Å². The van der Waals surface area contributed by atoms with Gasteiger partial charge in [0.15, 0.2) is 10.8 Å². The predicted octanol–water partition coefficient (Wildman–Crippen LogP) is 1.32. The van der Waals surface area contributed by atoms with Gasteiger partial charge in [0.1, 0.15) is 0 Å². The van der Waals surface area contributed by atoms with Crippen LogP contribution in [0.15, 0.2) is 12.1 Å². The molecule has 0 spiro atoms. The van der Waals surface area contributed by atoms with E-state index in [0.717, 1.165) is 24.6 Å². The van der Waals surface area contributed by atoms with Crippen LogP contribution in [0.4, 0.5) is 0 Å². The molecule has 1 aliphatic rings. The first kappa shape index (κ1) is 10.7. The van der Waals surface area contributed by atoms with Crippen LogP contribution >= 0.6 is 23.4 Å². The van der Waals surface area contributed by atoms with Crippen LogP contribution in [0, 0.1) is 0 Å². The largest absolute Gasteiger partial charge is 0.336 e. The van der Waals surface area contributed by atoms with E-state index in [2.05, 4.69) is 10.2 Å². The number of carbonyl (C=O) groups is 1. The molecule has 2 heterocycles. The maximum atomic E-state index is 11.9. The zero-order chi connectivity index (χ0) is 10.7. The molecule has 15 heavy (non-hydrogen) atoms. The van der Waals surface area contributed by atoms with Gasteiger partial charge in [0.2, 0.25) is 0 Å². The highest BCUT2D eigenvalue weighted by Gasteiger charge is 2.19. The number of nitrogens with zero attached hydrogens (tertiary/aromatic N) is 3. The van der Waals surface area contributed by atoms with Gasteiger partial charge in [-0.1, -0.05) is 11.6 Å². The van der Waals surface area contributed by atoms with Crippen molar-refractivity contribution in [2.24, 2.45) is 0 Å². The van der Waals surface area contributed by atoms with Gasteiger partial charge in [-0.3, -0.25) is 4.79 Å². The van der Waals surface area contributed by atoms with Gasteiger partial charge in [-0.05, 0) is 12.1 Å². The smallest absolute Gasteiger partial charge is 0.274 e. The first-order valence-corrected chi connectivity index (χ1v) is 6.17. The predicted molar refractivity (Wildman–Crippen MR) is 60.3 cm³/mol. The van der Waals surface area contributed by atoms with Gasteiger partial charge >= 0.3 is 0 Å². The first-order chi connectivity index (χ1) is 7.27. The Balaban J connectivity index is 2.09. The molecule has 4 nitrogen and oxygen atoms in total. The van der Waals surface area contributed by atoms with Gasteiger partial charge in [-0.15, -0.1) is 10.2 Å². The van der Waals surface area contributed by atoms with Gasteiger partial charge in [0.25, 0.3) is 5.91 Å². The summed E-state index contributed by atoms with van der Waals surface area (Å²) < 4.78 is 0. The standard InChI is InChI=1S/C9H10ClN3OS/c10-8-2-1-7(11-12-8)9(14)13-3-5-15-6-4-13/h1-2H,3-6H2. The fourth-order valence-electron chi connectivity index (χ4n) is 1.36. The Morgan fingerprint density at radius 1 is 1.33 bits per heavy atom. The molecule has 0 atom stereocenters. The third-order valence-corrected chi connectivity index (χ3v) is 3.29. The highest BCUT2D eigenvalue weighted by atomic mass is 35.5. The van der Waals surface area contributed by atoms with Gasteiger partial charge in [-0.25, -0.2) is 0 Å². The summed E-state index contributed by atoms with van der Waals surface area (Å²) in [5.74, 6) is 1.93. The Bertz CT molecular complexity index is 351. The molecular weight excluding hydrogens is 234 g/mol. The number of amides is 1. The van der Waals surface area contributed by atoms with E-state index in [0.29, 0.717) is 10.8 Å². The molecule has 0 aliphatic carbocycles. The molecular formula is C9H10ClN3OS. The second-order valence-corrected chi connectivity index (χ2v) is 4.76. The van der Waals surface area contributed by atoms with Gasteiger partial charge in [0.05, 0.1) is 0 Å². The highest BCUT2D eigenvalue weighted by Crippen LogP contribution is 2.12. The monoisotopic (exact) mass is 243 g/mol. The molecule has 0 unspecified atom stereocenters. The van der Waals surface area contributed by atoms with Crippen LogP contribution in [0.2, 0.25) is 5.15 Å². The molecule has 0 radical (unpaired) electrons. The molecule has 0 N–H and O–H groups in total. The minimum atomic E-state index is -0.0560. The van der Waals surface area contributed by atoms with Crippen molar-refractivity contribution in [1.29, 1.82) is 0 Å². The number of hydrogen-bond donors (Lipinski definition) is 0. The summed E-state index contributed by atoms with van der Waals surface area (Å²) >= 11 is 7.46. The van der Waals surface area contributed by atoms with Crippen LogP contribution in [0.25, 0.3) is 0 Å². The molecule has 1 aliphatic heterocycles. The van der Waals surface area contributed by atoms with E-state index in [1.165, 1.54) is 0 Å². The number of halogens is 1. The number of thioether (sulfide) groups is 1. The molecule has 1 aromatic heterocycles. The van der Waals surface area contributed by atoms with E-state index in [1.807, 2.05) is 11.8 Å². The normalized spacial score (nSPS) is 16.5. The highest BCUT2D eigenvalue weighted by molar-refractivity contribution is 7.99. The number of hydrogen-bond acceptors (Lipinski definition) is 4. The lowest BCUT2D eigenvalue weighted by Crippen LogP contribution is -2.38. The van der Waals surface area contributed by atoms with Crippen LogP contribution in [-0.4, -0.2) is 45.6 Å². The SMILES string of the molecule is O=C(c1ccc(Cl)nn1)N1CCSCC1. The van der Waals surface area contributed by atoms with Crippen molar-refractivity contribution in [2.45, 2.75) is 0 Å². The summed E-state index contributed by atoms with van der Waals surface area (Å²) in [6, 6.07) is 3.19. The van der Waals surface area contributed by atoms with E-state index in [-0.39, 0.29) is 5.91 Å². The second kappa shape index (κ2) is 4.81. The topological polar surface area (TPSA) is 46.1 Å². The van der Waals surface area contributed by atoms with E-state index in [9.17, 15) is 4.79 Å². The van der Waals surface area contributed by atoms with Gasteiger partial charge < -0.3 is 4.90 Å². The zero-order valence-corrected chi connectivity index (χ0v) is 9.59. The maximum absolute atomic E-state index is 11.9. The molecule has 0 aromatic carbocycles. The molecule has 1 saturated heterocycles. The van der Waals surface area contributed by atoms with Crippen LogP contribution in [0.3, 0.4) is 0 Å². The summed E-state index contributed by atoms with van der Waals surface area (Å²) in [4.78, 5) is 13.7. The van der Waals surface area contributed by atoms with E-state index in [1.54, 1.807) is 17.0 Å². The maximum Gasteiger partial charge on any atom is 0.274 e. The van der Waals surface area contributed by atoms with Crippen molar-refractivity contribution in [3.8, 4) is 0 Å². The van der Waals surface area contributed by atoms with Crippen LogP contribution in [-0.2, 0) is 0 Å². The molecule has 1 fully saturated rings. The van der Waals surface area contributed by atoms with Crippen LogP contribution in [0.1, 0.15) is 10.5 Å². The van der Waals surface area contributed by atoms with Gasteiger partial charge in [0, 0.05) is 24.6 Å². The van der Waals surface area contributed by atoms with Crippen molar-refractivity contribution < 1.29 is 4.79 Å². The minimum Gasteiger partial charge on any atom is -0.336 e. The van der Waals surface area contributed by atoms with Crippen molar-refractivity contribution in [3.63, 3.8) is 0 Å². The third kappa shape index (κ3) is 2.60. The molecule has 1 aromatic rings. The van der Waals surface area contributed by atoms with E-state index < -0.39 is 0 Å². The first-order valence-electron chi connectivity index (χ1n) is 4.63. The van der Waals surface area contributed by atoms with Crippen molar-refractivity contribution in [1.82, 2.24) is 15.1 Å². The lowest BCUT2D eigenvalue weighted by Gasteiger charge is -2.25. The average molecular weight is 244 g/mol. The fraction of sp³-hybridized carbons (Fsp3) is 0.444. The Labute approximate surface area is 97.0 Å². The van der Waals surface area contributed by atoms with Crippen LogP contribution < -0.4 is 0 Å². The molecule has 80 valence electrons. The van der Waals surface area contributed by atoms with E-state index in [4.69, 9.17) is 11.6 Å². The Morgan fingerprint density at radius 3 is 2.67 bits per heavy atom. The van der Waals surface area contributed by atoms with Crippen molar-refractivity contribution in [3.05, 3.63) is 23.0 Å². The summed E-state index contributed by atoms with van der Waals surface area (Å²) in [5.41, 5.74) is 0.367. The number of aromatic nitrogens is 2. The molecule has 0 bridgehead atoms. The molecule has 2 rings (SSSR count). The Kier molecular flexibility index (Phi) is 3.43. The zero-order valence-electron chi connectivity index (χ0n) is 8.02. The second-order valence-electron chi connectivity index (χ2n) is 3.15. The van der Waals surface area contributed by atoms with E-state index >= 15 is 0 Å². The summed E-state index contributed by atoms with van der Waals surface area (Å²) in [7, 11) is 0. The van der Waals surface area contributed by atoms with Crippen molar-refractivity contribution in [2.75, 3.05) is 24.6 Å². The fourth-order valence-corrected chi connectivity index (χ4v) is 2.36. The Hall–Kier alpha value is -0.810. The molecule has 1 amide bonds. The van der Waals surface area contributed by atoms with Crippen molar-refractivity contribution >= 4 is 29.3 Å². The summed E-state index contributed by atoms with van der Waals surface area (Å²) in [5, 5.41) is 7.74. The number of carbonyl (C=O) groups excluding carboxylic acids is 1. The molecule has 6 heteroatoms. The minimum absolute atomic E-state index is 0.0560. The summed E-state index contributed by atoms with van der Waals surface area (Å²) in [6.45, 7) is 1.57. The number of rotatable bonds is 1. The summed E-state index contributed by atoms with van der Waals surface area (Å²) in [6.07, 6.45) is 0. The lowest BCUT2D eigenvalue weighted by molar-refractivity contribution is 0.0765. The average Bonchev–Trinajstić information content (AvgIpc) is 2.30. The quantitative estimate of drug-likeness (QED) is 0.746. The third-order valence-electron chi connectivity index (χ3n) is 2.15. The lowest BCUT2D eigenvalue weighted by atomic mass is 10.3. The Morgan fingerprint density at radius 2 is 2.07 bits per heavy atom.